The highest BCUT2D eigenvalue weighted by atomic mass is 35.5. The van der Waals surface area contributed by atoms with Gasteiger partial charge in [0.25, 0.3) is 0 Å². The zero-order valence-corrected chi connectivity index (χ0v) is 13.3. The highest BCUT2D eigenvalue weighted by Crippen LogP contribution is 2.27. The number of hydrogen-bond donors (Lipinski definition) is 0. The second kappa shape index (κ2) is 6.67. The van der Waals surface area contributed by atoms with Crippen LogP contribution in [-0.2, 0) is 18.4 Å². The Morgan fingerprint density at radius 2 is 2.00 bits per heavy atom. The van der Waals surface area contributed by atoms with Crippen LogP contribution in [0.5, 0.6) is 0 Å². The maximum atomic E-state index is 12.5. The van der Waals surface area contributed by atoms with E-state index in [-0.39, 0.29) is 6.61 Å². The van der Waals surface area contributed by atoms with E-state index in [2.05, 4.69) is 5.10 Å². The molecular weight excluding hydrogens is 312 g/mol. The first-order chi connectivity index (χ1) is 11.1. The maximum Gasteiger partial charge on any atom is 0.339 e. The number of esters is 1. The fourth-order valence-corrected chi connectivity index (χ4v) is 2.47. The van der Waals surface area contributed by atoms with E-state index in [4.69, 9.17) is 16.3 Å². The third-order valence-corrected chi connectivity index (χ3v) is 3.67. The minimum absolute atomic E-state index is 0.221. The molecular formula is C18H15ClN2O2. The van der Waals surface area contributed by atoms with Crippen LogP contribution in [0, 0.1) is 0 Å². The number of rotatable bonds is 4. The Bertz CT molecular complexity index is 828. The number of benzene rings is 2. The standard InChI is InChI=1S/C18H15ClN2O2/c1-21-11-14(10-20-21)16-8-7-15(19)9-17(16)18(22)23-12-13-5-3-2-4-6-13/h2-11H,12H2,1H3. The van der Waals surface area contributed by atoms with Crippen molar-refractivity contribution in [3.05, 3.63) is 77.1 Å². The van der Waals surface area contributed by atoms with E-state index in [1.807, 2.05) is 43.6 Å². The van der Waals surface area contributed by atoms with Crippen molar-refractivity contribution in [2.75, 3.05) is 0 Å². The monoisotopic (exact) mass is 326 g/mol. The number of nitrogens with zero attached hydrogens (tertiary/aromatic N) is 2. The molecule has 0 spiro atoms. The van der Waals surface area contributed by atoms with Crippen LogP contribution >= 0.6 is 11.6 Å². The molecule has 0 N–H and O–H groups in total. The number of carbonyl (C=O) groups is 1. The van der Waals surface area contributed by atoms with Crippen LogP contribution in [-0.4, -0.2) is 15.7 Å². The van der Waals surface area contributed by atoms with Gasteiger partial charge in [0, 0.05) is 23.8 Å². The molecule has 2 aromatic carbocycles. The van der Waals surface area contributed by atoms with Crippen LogP contribution < -0.4 is 0 Å². The van der Waals surface area contributed by atoms with Gasteiger partial charge >= 0.3 is 5.97 Å². The summed E-state index contributed by atoms with van der Waals surface area (Å²) in [4.78, 5) is 12.5. The molecule has 23 heavy (non-hydrogen) atoms. The molecule has 0 amide bonds. The molecule has 4 nitrogen and oxygen atoms in total. The average Bonchev–Trinajstić information content (AvgIpc) is 3.00. The van der Waals surface area contributed by atoms with Crippen LogP contribution in [0.2, 0.25) is 5.02 Å². The Balaban J connectivity index is 1.86. The van der Waals surface area contributed by atoms with E-state index < -0.39 is 5.97 Å². The van der Waals surface area contributed by atoms with Gasteiger partial charge < -0.3 is 4.74 Å². The minimum Gasteiger partial charge on any atom is -0.457 e. The first-order valence-corrected chi connectivity index (χ1v) is 7.51. The number of hydrogen-bond acceptors (Lipinski definition) is 3. The Labute approximate surface area is 139 Å². The van der Waals surface area contributed by atoms with E-state index in [1.165, 1.54) is 0 Å². The van der Waals surface area contributed by atoms with Crippen molar-refractivity contribution in [1.82, 2.24) is 9.78 Å². The number of carbonyl (C=O) groups excluding carboxylic acids is 1. The Kier molecular flexibility index (Phi) is 4.44. The zero-order valence-electron chi connectivity index (χ0n) is 12.6. The van der Waals surface area contributed by atoms with Gasteiger partial charge in [-0.05, 0) is 23.3 Å². The second-order valence-corrected chi connectivity index (χ2v) is 5.59. The number of halogens is 1. The van der Waals surface area contributed by atoms with Gasteiger partial charge in [0.1, 0.15) is 6.61 Å². The largest absolute Gasteiger partial charge is 0.457 e. The van der Waals surface area contributed by atoms with Crippen molar-refractivity contribution in [3.8, 4) is 11.1 Å². The number of ether oxygens (including phenoxy) is 1. The molecule has 3 aromatic rings. The van der Waals surface area contributed by atoms with E-state index in [1.54, 1.807) is 29.1 Å². The molecule has 3 rings (SSSR count). The quantitative estimate of drug-likeness (QED) is 0.678. The zero-order chi connectivity index (χ0) is 16.2. The summed E-state index contributed by atoms with van der Waals surface area (Å²) in [5.74, 6) is -0.407. The lowest BCUT2D eigenvalue weighted by Crippen LogP contribution is -2.07. The molecule has 1 aromatic heterocycles. The molecule has 0 aliphatic carbocycles. The van der Waals surface area contributed by atoms with Crippen molar-refractivity contribution < 1.29 is 9.53 Å². The summed E-state index contributed by atoms with van der Waals surface area (Å²) in [5.41, 5.74) is 2.96. The summed E-state index contributed by atoms with van der Waals surface area (Å²) < 4.78 is 7.10. The third-order valence-electron chi connectivity index (χ3n) is 3.43. The molecule has 0 aliphatic rings. The fraction of sp³-hybridized carbons (Fsp3) is 0.111. The van der Waals surface area contributed by atoms with E-state index >= 15 is 0 Å². The lowest BCUT2D eigenvalue weighted by atomic mass is 10.0. The van der Waals surface area contributed by atoms with Crippen molar-refractivity contribution in [3.63, 3.8) is 0 Å². The Morgan fingerprint density at radius 3 is 2.70 bits per heavy atom. The molecule has 0 atom stereocenters. The van der Waals surface area contributed by atoms with Crippen LogP contribution in [0.3, 0.4) is 0 Å². The molecule has 0 aliphatic heterocycles. The molecule has 5 heteroatoms. The van der Waals surface area contributed by atoms with Gasteiger partial charge in [-0.2, -0.15) is 5.10 Å². The summed E-state index contributed by atoms with van der Waals surface area (Å²) in [5, 5.41) is 4.63. The van der Waals surface area contributed by atoms with Crippen LogP contribution in [0.1, 0.15) is 15.9 Å². The average molecular weight is 327 g/mol. The first-order valence-electron chi connectivity index (χ1n) is 7.13. The summed E-state index contributed by atoms with van der Waals surface area (Å²) in [7, 11) is 1.83. The summed E-state index contributed by atoms with van der Waals surface area (Å²) in [6.45, 7) is 0.221. The number of aryl methyl sites for hydroxylation is 1. The van der Waals surface area contributed by atoms with Gasteiger partial charge in [-0.1, -0.05) is 48.0 Å². The van der Waals surface area contributed by atoms with E-state index in [0.29, 0.717) is 10.6 Å². The van der Waals surface area contributed by atoms with Gasteiger partial charge in [0.2, 0.25) is 0 Å². The molecule has 0 saturated heterocycles. The predicted molar refractivity (Wildman–Crippen MR) is 89.2 cm³/mol. The molecule has 0 radical (unpaired) electrons. The van der Waals surface area contributed by atoms with Gasteiger partial charge in [-0.25, -0.2) is 4.79 Å². The maximum absolute atomic E-state index is 12.5. The van der Waals surface area contributed by atoms with Crippen LogP contribution in [0.4, 0.5) is 0 Å². The molecule has 0 unspecified atom stereocenters. The minimum atomic E-state index is -0.407. The summed E-state index contributed by atoms with van der Waals surface area (Å²) in [6, 6.07) is 14.7. The highest BCUT2D eigenvalue weighted by molar-refractivity contribution is 6.31. The fourth-order valence-electron chi connectivity index (χ4n) is 2.30. The second-order valence-electron chi connectivity index (χ2n) is 5.15. The summed E-state index contributed by atoms with van der Waals surface area (Å²) >= 11 is 6.04. The van der Waals surface area contributed by atoms with E-state index in [9.17, 15) is 4.79 Å². The Hall–Kier alpha value is -2.59. The molecule has 1 heterocycles. The van der Waals surface area contributed by atoms with E-state index in [0.717, 1.165) is 16.7 Å². The topological polar surface area (TPSA) is 44.1 Å². The number of aromatic nitrogens is 2. The molecule has 0 bridgehead atoms. The van der Waals surface area contributed by atoms with Crippen LogP contribution in [0.25, 0.3) is 11.1 Å². The molecule has 0 saturated carbocycles. The van der Waals surface area contributed by atoms with Gasteiger partial charge in [0.15, 0.2) is 0 Å². The van der Waals surface area contributed by atoms with Gasteiger partial charge in [-0.3, -0.25) is 4.68 Å². The SMILES string of the molecule is Cn1cc(-c2ccc(Cl)cc2C(=O)OCc2ccccc2)cn1. The summed E-state index contributed by atoms with van der Waals surface area (Å²) in [6.07, 6.45) is 3.55. The van der Waals surface area contributed by atoms with Gasteiger partial charge in [0.05, 0.1) is 11.8 Å². The highest BCUT2D eigenvalue weighted by Gasteiger charge is 2.16. The predicted octanol–water partition coefficient (Wildman–Crippen LogP) is 4.10. The van der Waals surface area contributed by atoms with Crippen molar-refractivity contribution in [1.29, 1.82) is 0 Å². The van der Waals surface area contributed by atoms with Crippen molar-refractivity contribution in [2.24, 2.45) is 7.05 Å². The molecule has 0 fully saturated rings. The lowest BCUT2D eigenvalue weighted by Gasteiger charge is -2.09. The lowest BCUT2D eigenvalue weighted by molar-refractivity contribution is 0.0473. The van der Waals surface area contributed by atoms with Crippen molar-refractivity contribution in [2.45, 2.75) is 6.61 Å². The van der Waals surface area contributed by atoms with Crippen LogP contribution in [0.15, 0.2) is 60.9 Å². The normalized spacial score (nSPS) is 10.5. The van der Waals surface area contributed by atoms with Gasteiger partial charge in [-0.15, -0.1) is 0 Å². The smallest absolute Gasteiger partial charge is 0.339 e. The van der Waals surface area contributed by atoms with Crippen molar-refractivity contribution >= 4 is 17.6 Å². The Morgan fingerprint density at radius 1 is 1.22 bits per heavy atom. The molecule has 116 valence electrons. The third kappa shape index (κ3) is 3.60. The first kappa shape index (κ1) is 15.3.